The molecule has 0 amide bonds. The van der Waals surface area contributed by atoms with Gasteiger partial charge in [-0.1, -0.05) is 12.1 Å². The van der Waals surface area contributed by atoms with Crippen molar-refractivity contribution < 1.29 is 167 Å². The van der Waals surface area contributed by atoms with Gasteiger partial charge in [0.2, 0.25) is 0 Å². The average molecular weight is 512 g/mol. The van der Waals surface area contributed by atoms with Gasteiger partial charge in [-0.2, -0.15) is 0 Å². The molecule has 0 aromatic heterocycles. The molecular formula is C9H10Cs2O6S. The Balaban J connectivity index is -0.000000144. The van der Waals surface area contributed by atoms with Crippen molar-refractivity contribution in [1.82, 2.24) is 0 Å². The molecule has 9 heteroatoms. The average Bonchev–Trinajstić information content (AvgIpc) is 2.28. The SMILES string of the molecule is CS(=O)(=O)c1ccc(C=O)cc1.O=CO[O-].[Cs+].[Cs+].[H-]. The molecule has 0 unspecified atom stereocenters. The van der Waals surface area contributed by atoms with Crippen molar-refractivity contribution >= 4 is 22.6 Å². The molecule has 0 heterocycles. The summed E-state index contributed by atoms with van der Waals surface area (Å²) in [7, 11) is -3.14. The molecule has 90 valence electrons. The van der Waals surface area contributed by atoms with Crippen molar-refractivity contribution in [2.45, 2.75) is 4.90 Å². The number of carbonyl (C=O) groups excluding carboxylic acids is 2. The molecule has 18 heavy (non-hydrogen) atoms. The minimum Gasteiger partial charge on any atom is -1.00 e. The van der Waals surface area contributed by atoms with Gasteiger partial charge in [-0.05, 0) is 12.1 Å². The van der Waals surface area contributed by atoms with E-state index >= 15 is 0 Å². The zero-order chi connectivity index (χ0) is 12.6. The monoisotopic (exact) mass is 512 g/mol. The van der Waals surface area contributed by atoms with Crippen LogP contribution in [0.5, 0.6) is 0 Å². The predicted octanol–water partition coefficient (Wildman–Crippen LogP) is -6.54. The number of sulfone groups is 1. The van der Waals surface area contributed by atoms with Crippen LogP contribution in [0.3, 0.4) is 0 Å². The number of benzene rings is 1. The van der Waals surface area contributed by atoms with E-state index in [1.54, 1.807) is 0 Å². The van der Waals surface area contributed by atoms with Crippen molar-refractivity contribution in [1.29, 1.82) is 0 Å². The molecule has 1 rings (SSSR count). The van der Waals surface area contributed by atoms with Crippen molar-refractivity contribution in [3.63, 3.8) is 0 Å². The normalized spacial score (nSPS) is 8.56. The Hall–Kier alpha value is 2.37. The molecule has 0 bridgehead atoms. The van der Waals surface area contributed by atoms with Gasteiger partial charge in [0.05, 0.1) is 4.90 Å². The number of aldehydes is 1. The number of rotatable bonds is 3. The van der Waals surface area contributed by atoms with Gasteiger partial charge >= 0.3 is 138 Å². The van der Waals surface area contributed by atoms with Crippen LogP contribution in [-0.4, -0.2) is 27.4 Å². The van der Waals surface area contributed by atoms with Crippen molar-refractivity contribution in [2.75, 3.05) is 6.26 Å². The first kappa shape index (κ1) is 25.3. The summed E-state index contributed by atoms with van der Waals surface area (Å²) in [5, 5.41) is 8.43. The van der Waals surface area contributed by atoms with Crippen molar-refractivity contribution in [2.24, 2.45) is 0 Å². The molecule has 0 radical (unpaired) electrons. The van der Waals surface area contributed by atoms with E-state index in [-0.39, 0.29) is 151 Å². The first-order valence-electron chi connectivity index (χ1n) is 3.93. The predicted molar refractivity (Wildman–Crippen MR) is 53.2 cm³/mol. The van der Waals surface area contributed by atoms with E-state index < -0.39 is 9.84 Å². The van der Waals surface area contributed by atoms with Crippen molar-refractivity contribution in [3.8, 4) is 0 Å². The molecule has 0 saturated carbocycles. The van der Waals surface area contributed by atoms with Gasteiger partial charge < -0.3 is 11.6 Å². The third-order valence-electron chi connectivity index (χ3n) is 1.48. The van der Waals surface area contributed by atoms with Gasteiger partial charge in [-0.25, -0.2) is 8.42 Å². The molecule has 0 saturated heterocycles. The van der Waals surface area contributed by atoms with E-state index in [9.17, 15) is 13.2 Å². The third-order valence-corrected chi connectivity index (χ3v) is 2.61. The van der Waals surface area contributed by atoms with Gasteiger partial charge in [0.1, 0.15) is 6.29 Å². The molecule has 0 spiro atoms. The van der Waals surface area contributed by atoms with E-state index in [0.717, 1.165) is 6.26 Å². The van der Waals surface area contributed by atoms with E-state index in [4.69, 9.17) is 10.1 Å². The molecule has 0 aliphatic heterocycles. The molecular weight excluding hydrogens is 502 g/mol. The Kier molecular flexibility index (Phi) is 20.2. The van der Waals surface area contributed by atoms with E-state index in [2.05, 4.69) is 4.89 Å². The van der Waals surface area contributed by atoms with Gasteiger partial charge in [0, 0.05) is 11.8 Å². The van der Waals surface area contributed by atoms with Crippen LogP contribution in [0.4, 0.5) is 0 Å². The molecule has 0 N–H and O–H groups in total. The number of hydrogen-bond acceptors (Lipinski definition) is 6. The maximum atomic E-state index is 10.9. The largest absolute Gasteiger partial charge is 1.00 e. The summed E-state index contributed by atoms with van der Waals surface area (Å²) in [6, 6.07) is 5.78. The molecule has 1 aromatic carbocycles. The molecule has 0 aliphatic carbocycles. The molecule has 0 atom stereocenters. The zero-order valence-corrected chi connectivity index (χ0v) is 23.7. The maximum absolute atomic E-state index is 10.9. The Morgan fingerprint density at radius 3 is 1.78 bits per heavy atom. The Labute approximate surface area is 224 Å². The summed E-state index contributed by atoms with van der Waals surface area (Å²) in [5.74, 6) is 0. The second kappa shape index (κ2) is 14.3. The molecule has 1 aromatic rings. The van der Waals surface area contributed by atoms with E-state index in [1.165, 1.54) is 24.3 Å². The summed E-state index contributed by atoms with van der Waals surface area (Å²) < 4.78 is 21.9. The first-order valence-corrected chi connectivity index (χ1v) is 5.82. The fourth-order valence-electron chi connectivity index (χ4n) is 0.794. The summed E-state index contributed by atoms with van der Waals surface area (Å²) in [4.78, 5) is 21.7. The quantitative estimate of drug-likeness (QED) is 0.227. The Morgan fingerprint density at radius 1 is 1.17 bits per heavy atom. The van der Waals surface area contributed by atoms with Gasteiger partial charge in [-0.3, -0.25) is 9.59 Å². The van der Waals surface area contributed by atoms with Crippen LogP contribution in [0.25, 0.3) is 0 Å². The van der Waals surface area contributed by atoms with Crippen LogP contribution in [0.2, 0.25) is 0 Å². The second-order valence-electron chi connectivity index (χ2n) is 2.65. The third kappa shape index (κ3) is 12.1. The molecule has 0 fully saturated rings. The summed E-state index contributed by atoms with van der Waals surface area (Å²) in [6.45, 7) is -0.181. The zero-order valence-electron chi connectivity index (χ0n) is 11.3. The number of carbonyl (C=O) groups is 2. The number of hydrogen-bond donors (Lipinski definition) is 0. The Bertz CT molecular complexity index is 448. The van der Waals surface area contributed by atoms with Gasteiger partial charge in [-0.15, -0.1) is 0 Å². The second-order valence-corrected chi connectivity index (χ2v) is 4.67. The van der Waals surface area contributed by atoms with E-state index in [0.29, 0.717) is 11.8 Å². The van der Waals surface area contributed by atoms with Crippen molar-refractivity contribution in [3.05, 3.63) is 29.8 Å². The summed E-state index contributed by atoms with van der Waals surface area (Å²) in [6.07, 6.45) is 1.80. The summed E-state index contributed by atoms with van der Waals surface area (Å²) >= 11 is 0. The van der Waals surface area contributed by atoms with Crippen LogP contribution in [0.1, 0.15) is 11.8 Å². The van der Waals surface area contributed by atoms with Crippen LogP contribution in [-0.2, 0) is 19.5 Å². The molecule has 6 nitrogen and oxygen atoms in total. The minimum absolute atomic E-state index is 0. The smallest absolute Gasteiger partial charge is 1.00 e. The topological polar surface area (TPSA) is 101 Å². The van der Waals surface area contributed by atoms with Crippen LogP contribution < -0.4 is 143 Å². The van der Waals surface area contributed by atoms with Gasteiger partial charge in [0.15, 0.2) is 9.84 Å². The minimum atomic E-state index is -3.14. The Morgan fingerprint density at radius 2 is 1.56 bits per heavy atom. The summed E-state index contributed by atoms with van der Waals surface area (Å²) in [5.41, 5.74) is 0.474. The van der Waals surface area contributed by atoms with E-state index in [1.807, 2.05) is 0 Å². The van der Waals surface area contributed by atoms with Gasteiger partial charge in [0.25, 0.3) is 6.47 Å². The van der Waals surface area contributed by atoms with Crippen LogP contribution >= 0.6 is 0 Å². The fraction of sp³-hybridized carbons (Fsp3) is 0.111. The standard InChI is InChI=1S/C8H8O3S.CH2O3.2Cs.H/c1-12(10,11)8-4-2-7(6-9)3-5-8;2-1-4-3;;;/h2-6H,1H3;1,3H;;;/q;;2*+1;-1/p-1. The first-order chi connectivity index (χ1) is 7.45. The fourth-order valence-corrected chi connectivity index (χ4v) is 1.42. The van der Waals surface area contributed by atoms with Crippen LogP contribution in [0, 0.1) is 0 Å². The molecule has 0 aliphatic rings. The maximum Gasteiger partial charge on any atom is 1.00 e. The van der Waals surface area contributed by atoms with Crippen LogP contribution in [0.15, 0.2) is 29.2 Å².